The third-order valence-electron chi connectivity index (χ3n) is 3.26. The highest BCUT2D eigenvalue weighted by molar-refractivity contribution is 9.10. The van der Waals surface area contributed by atoms with Crippen LogP contribution in [0.15, 0.2) is 47.5 Å². The monoisotopic (exact) mass is 386 g/mol. The van der Waals surface area contributed by atoms with E-state index in [0.29, 0.717) is 18.2 Å². The number of hydrogen-bond donors (Lipinski definition) is 3. The van der Waals surface area contributed by atoms with Gasteiger partial charge in [-0.1, -0.05) is 0 Å². The van der Waals surface area contributed by atoms with Gasteiger partial charge in [0.15, 0.2) is 0 Å². The van der Waals surface area contributed by atoms with Gasteiger partial charge in [-0.25, -0.2) is 14.8 Å². The second-order valence-electron chi connectivity index (χ2n) is 4.92. The van der Waals surface area contributed by atoms with Gasteiger partial charge in [0.2, 0.25) is 0 Å². The van der Waals surface area contributed by atoms with E-state index in [4.69, 9.17) is 0 Å². The molecule has 0 spiro atoms. The number of halogens is 1. The number of rotatable bonds is 4. The van der Waals surface area contributed by atoms with Gasteiger partial charge in [-0.15, -0.1) is 0 Å². The van der Waals surface area contributed by atoms with Crippen molar-refractivity contribution in [3.05, 3.63) is 47.5 Å². The van der Waals surface area contributed by atoms with E-state index in [1.54, 1.807) is 30.9 Å². The highest BCUT2D eigenvalue weighted by Gasteiger charge is 2.11. The molecule has 0 aliphatic carbocycles. The van der Waals surface area contributed by atoms with Crippen molar-refractivity contribution in [2.75, 3.05) is 11.9 Å². The van der Waals surface area contributed by atoms with E-state index >= 15 is 0 Å². The fraction of sp³-hybridized carbons (Fsp3) is 0.125. The zero-order chi connectivity index (χ0) is 16.9. The summed E-state index contributed by atoms with van der Waals surface area (Å²) in [5.74, 6) is 1.12. The maximum absolute atomic E-state index is 11.6. The van der Waals surface area contributed by atoms with Gasteiger partial charge in [-0.2, -0.15) is 0 Å². The Hall–Kier alpha value is -2.74. The smallest absolute Gasteiger partial charge is 0.320 e. The molecule has 3 aromatic heterocycles. The van der Waals surface area contributed by atoms with Crippen molar-refractivity contribution in [2.45, 2.75) is 6.92 Å². The Balaban J connectivity index is 1.89. The van der Waals surface area contributed by atoms with E-state index in [-0.39, 0.29) is 6.03 Å². The molecule has 0 unspecified atom stereocenters. The van der Waals surface area contributed by atoms with E-state index in [0.717, 1.165) is 21.3 Å². The van der Waals surface area contributed by atoms with Gasteiger partial charge in [-0.05, 0) is 41.1 Å². The SMILES string of the molecule is CCNC(=O)Nc1cc(-c2ncc(-c3ccncc3)[nH]2)c(Br)cn1. The van der Waals surface area contributed by atoms with Crippen LogP contribution in [0.1, 0.15) is 6.92 Å². The number of anilines is 1. The molecule has 122 valence electrons. The van der Waals surface area contributed by atoms with E-state index in [9.17, 15) is 4.79 Å². The molecule has 3 rings (SSSR count). The normalized spacial score (nSPS) is 10.4. The predicted molar refractivity (Wildman–Crippen MR) is 95.4 cm³/mol. The van der Waals surface area contributed by atoms with Crippen molar-refractivity contribution in [3.8, 4) is 22.6 Å². The van der Waals surface area contributed by atoms with Gasteiger partial charge < -0.3 is 10.3 Å². The van der Waals surface area contributed by atoms with Gasteiger partial charge in [0.1, 0.15) is 11.6 Å². The molecule has 0 aliphatic heterocycles. The summed E-state index contributed by atoms with van der Waals surface area (Å²) in [6.45, 7) is 2.40. The molecule has 0 saturated carbocycles. The number of pyridine rings is 2. The summed E-state index contributed by atoms with van der Waals surface area (Å²) in [7, 11) is 0. The molecule has 3 heterocycles. The second-order valence-corrected chi connectivity index (χ2v) is 5.77. The lowest BCUT2D eigenvalue weighted by Gasteiger charge is -2.07. The molecule has 0 bridgehead atoms. The summed E-state index contributed by atoms with van der Waals surface area (Å²) in [6.07, 6.45) is 6.85. The highest BCUT2D eigenvalue weighted by atomic mass is 79.9. The molecule has 3 N–H and O–H groups in total. The number of aromatic nitrogens is 4. The van der Waals surface area contributed by atoms with Crippen molar-refractivity contribution in [3.63, 3.8) is 0 Å². The van der Waals surface area contributed by atoms with Crippen LogP contribution in [0.3, 0.4) is 0 Å². The molecule has 24 heavy (non-hydrogen) atoms. The summed E-state index contributed by atoms with van der Waals surface area (Å²) in [5, 5.41) is 5.35. The summed E-state index contributed by atoms with van der Waals surface area (Å²) < 4.78 is 0.777. The molecule has 0 saturated heterocycles. The van der Waals surface area contributed by atoms with Crippen molar-refractivity contribution >= 4 is 27.8 Å². The molecule has 0 radical (unpaired) electrons. The van der Waals surface area contributed by atoms with Gasteiger partial charge in [-0.3, -0.25) is 10.3 Å². The van der Waals surface area contributed by atoms with Gasteiger partial charge in [0.05, 0.1) is 11.9 Å². The van der Waals surface area contributed by atoms with Crippen LogP contribution < -0.4 is 10.6 Å². The number of imidazole rings is 1. The zero-order valence-electron chi connectivity index (χ0n) is 12.9. The summed E-state index contributed by atoms with van der Waals surface area (Å²) >= 11 is 3.47. The quantitative estimate of drug-likeness (QED) is 0.639. The number of urea groups is 1. The fourth-order valence-corrected chi connectivity index (χ4v) is 2.55. The molecule has 0 fully saturated rings. The number of H-pyrrole nitrogens is 1. The second kappa shape index (κ2) is 7.22. The summed E-state index contributed by atoms with van der Waals surface area (Å²) in [6, 6.07) is 5.27. The van der Waals surface area contributed by atoms with Crippen LogP contribution in [0.4, 0.5) is 10.6 Å². The zero-order valence-corrected chi connectivity index (χ0v) is 14.5. The first kappa shape index (κ1) is 16.1. The molecule has 0 atom stereocenters. The Morgan fingerprint density at radius 1 is 1.25 bits per heavy atom. The number of amides is 2. The third kappa shape index (κ3) is 3.60. The highest BCUT2D eigenvalue weighted by Crippen LogP contribution is 2.29. The minimum Gasteiger partial charge on any atom is -0.338 e. The first-order chi connectivity index (χ1) is 11.7. The molecule has 8 heteroatoms. The van der Waals surface area contributed by atoms with Crippen molar-refractivity contribution in [2.24, 2.45) is 0 Å². The van der Waals surface area contributed by atoms with Crippen LogP contribution in [0.5, 0.6) is 0 Å². The number of nitrogens with one attached hydrogen (secondary N) is 3. The van der Waals surface area contributed by atoms with Crippen LogP contribution in [-0.2, 0) is 0 Å². The van der Waals surface area contributed by atoms with E-state index in [1.807, 2.05) is 19.1 Å². The number of nitrogens with zero attached hydrogens (tertiary/aromatic N) is 3. The van der Waals surface area contributed by atoms with Crippen molar-refractivity contribution in [1.82, 2.24) is 25.3 Å². The average Bonchev–Trinajstić information content (AvgIpc) is 3.07. The maximum atomic E-state index is 11.6. The molecular formula is C16H15BrN6O. The van der Waals surface area contributed by atoms with E-state index < -0.39 is 0 Å². The standard InChI is InChI=1S/C16H15BrN6O/c1-2-19-16(24)23-14-7-11(12(17)8-20-14)15-21-9-13(22-15)10-3-5-18-6-4-10/h3-9H,2H2,1H3,(H,21,22)(H2,19,20,23,24). The first-order valence-corrected chi connectivity index (χ1v) is 8.13. The predicted octanol–water partition coefficient (Wildman–Crippen LogP) is 3.44. The van der Waals surface area contributed by atoms with E-state index in [1.165, 1.54) is 0 Å². The Kier molecular flexibility index (Phi) is 4.85. The van der Waals surface area contributed by atoms with Crippen LogP contribution in [-0.4, -0.2) is 32.5 Å². The maximum Gasteiger partial charge on any atom is 0.320 e. The fourth-order valence-electron chi connectivity index (χ4n) is 2.15. The molecule has 0 aromatic carbocycles. The van der Waals surface area contributed by atoms with Crippen LogP contribution in [0, 0.1) is 0 Å². The third-order valence-corrected chi connectivity index (χ3v) is 3.89. The number of hydrogen-bond acceptors (Lipinski definition) is 4. The largest absolute Gasteiger partial charge is 0.338 e. The van der Waals surface area contributed by atoms with Crippen LogP contribution in [0.2, 0.25) is 0 Å². The lowest BCUT2D eigenvalue weighted by molar-refractivity contribution is 0.252. The number of carbonyl (C=O) groups excluding carboxylic acids is 1. The Morgan fingerprint density at radius 3 is 2.79 bits per heavy atom. The topological polar surface area (TPSA) is 95.6 Å². The molecule has 7 nitrogen and oxygen atoms in total. The van der Waals surface area contributed by atoms with E-state index in [2.05, 4.69) is 46.5 Å². The average molecular weight is 387 g/mol. The van der Waals surface area contributed by atoms with Gasteiger partial charge in [0.25, 0.3) is 0 Å². The van der Waals surface area contributed by atoms with Gasteiger partial charge >= 0.3 is 6.03 Å². The number of aromatic amines is 1. The van der Waals surface area contributed by atoms with Crippen LogP contribution >= 0.6 is 15.9 Å². The summed E-state index contributed by atoms with van der Waals surface area (Å²) in [5.41, 5.74) is 2.68. The summed E-state index contributed by atoms with van der Waals surface area (Å²) in [4.78, 5) is 27.5. The lowest BCUT2D eigenvalue weighted by atomic mass is 10.2. The first-order valence-electron chi connectivity index (χ1n) is 7.33. The lowest BCUT2D eigenvalue weighted by Crippen LogP contribution is -2.28. The van der Waals surface area contributed by atoms with Crippen molar-refractivity contribution in [1.29, 1.82) is 0 Å². The molecular weight excluding hydrogens is 372 g/mol. The van der Waals surface area contributed by atoms with Crippen molar-refractivity contribution < 1.29 is 4.79 Å². The minimum atomic E-state index is -0.296. The molecule has 3 aromatic rings. The Labute approximate surface area is 147 Å². The number of carbonyl (C=O) groups is 1. The Bertz CT molecular complexity index is 849. The van der Waals surface area contributed by atoms with Crippen LogP contribution in [0.25, 0.3) is 22.6 Å². The van der Waals surface area contributed by atoms with Gasteiger partial charge in [0, 0.05) is 40.7 Å². The molecule has 0 aliphatic rings. The Morgan fingerprint density at radius 2 is 2.04 bits per heavy atom. The minimum absolute atomic E-state index is 0.296. The molecule has 2 amide bonds.